The van der Waals surface area contributed by atoms with E-state index < -0.39 is 12.2 Å². The van der Waals surface area contributed by atoms with E-state index >= 15 is 0 Å². The van der Waals surface area contributed by atoms with Crippen LogP contribution in [0.25, 0.3) is 0 Å². The number of phenols is 1. The van der Waals surface area contributed by atoms with Crippen molar-refractivity contribution in [3.8, 4) is 5.75 Å². The van der Waals surface area contributed by atoms with Crippen molar-refractivity contribution in [3.05, 3.63) is 29.3 Å². The Labute approximate surface area is 95.6 Å². The van der Waals surface area contributed by atoms with Gasteiger partial charge in [-0.2, -0.15) is 0 Å². The molecule has 0 aromatic heterocycles. The van der Waals surface area contributed by atoms with Gasteiger partial charge in [0.1, 0.15) is 11.9 Å². The fourth-order valence-electron chi connectivity index (χ4n) is 1.65. The first-order valence-electron chi connectivity index (χ1n) is 5.36. The Bertz CT molecular complexity index is 341. The molecule has 2 atom stereocenters. The quantitative estimate of drug-likeness (QED) is 0.595. The van der Waals surface area contributed by atoms with Crippen LogP contribution < -0.4 is 5.32 Å². The van der Waals surface area contributed by atoms with Crippen LogP contribution in [0.5, 0.6) is 5.75 Å². The van der Waals surface area contributed by atoms with Crippen LogP contribution in [0.1, 0.15) is 23.7 Å². The lowest BCUT2D eigenvalue weighted by atomic mass is 9.97. The van der Waals surface area contributed by atoms with Crippen molar-refractivity contribution in [1.29, 1.82) is 0 Å². The standard InChI is InChI=1S/C12H19NO3/c1-8-7-9(14)3-4-10(8)12(16)11(15)5-6-13-2/h3-4,7,11-16H,5-6H2,1-2H3. The molecular formula is C12H19NO3. The van der Waals surface area contributed by atoms with E-state index in [2.05, 4.69) is 5.32 Å². The summed E-state index contributed by atoms with van der Waals surface area (Å²) in [5.41, 5.74) is 1.43. The number of hydrogen-bond acceptors (Lipinski definition) is 4. The smallest absolute Gasteiger partial charge is 0.115 e. The summed E-state index contributed by atoms with van der Waals surface area (Å²) in [6.07, 6.45) is -1.22. The zero-order chi connectivity index (χ0) is 12.1. The SMILES string of the molecule is CNCCC(O)C(O)c1ccc(O)cc1C. The second-order valence-corrected chi connectivity index (χ2v) is 3.95. The number of nitrogens with one attached hydrogen (secondary N) is 1. The van der Waals surface area contributed by atoms with Gasteiger partial charge >= 0.3 is 0 Å². The molecule has 0 aliphatic carbocycles. The van der Waals surface area contributed by atoms with E-state index in [9.17, 15) is 15.3 Å². The molecule has 0 heterocycles. The second-order valence-electron chi connectivity index (χ2n) is 3.95. The van der Waals surface area contributed by atoms with Crippen LogP contribution in [0.2, 0.25) is 0 Å². The number of aliphatic hydroxyl groups excluding tert-OH is 2. The molecule has 4 heteroatoms. The van der Waals surface area contributed by atoms with Crippen LogP contribution in [0.3, 0.4) is 0 Å². The molecule has 0 fully saturated rings. The highest BCUT2D eigenvalue weighted by Crippen LogP contribution is 2.25. The first-order chi connectivity index (χ1) is 7.56. The fourth-order valence-corrected chi connectivity index (χ4v) is 1.65. The number of phenolic OH excluding ortho intramolecular Hbond substituents is 1. The molecule has 0 amide bonds. The Morgan fingerprint density at radius 1 is 1.31 bits per heavy atom. The molecule has 0 bridgehead atoms. The van der Waals surface area contributed by atoms with E-state index in [4.69, 9.17) is 0 Å². The molecule has 16 heavy (non-hydrogen) atoms. The maximum Gasteiger partial charge on any atom is 0.115 e. The molecule has 0 spiro atoms. The summed E-state index contributed by atoms with van der Waals surface area (Å²) in [4.78, 5) is 0. The Kier molecular flexibility index (Phi) is 4.73. The highest BCUT2D eigenvalue weighted by molar-refractivity contribution is 5.35. The van der Waals surface area contributed by atoms with Crippen molar-refractivity contribution in [3.63, 3.8) is 0 Å². The molecular weight excluding hydrogens is 206 g/mol. The topological polar surface area (TPSA) is 72.7 Å². The molecule has 90 valence electrons. The predicted molar refractivity (Wildman–Crippen MR) is 62.4 cm³/mol. The highest BCUT2D eigenvalue weighted by atomic mass is 16.3. The van der Waals surface area contributed by atoms with Gasteiger partial charge < -0.3 is 20.6 Å². The Balaban J connectivity index is 2.75. The molecule has 0 aliphatic rings. The van der Waals surface area contributed by atoms with Gasteiger partial charge in [0.15, 0.2) is 0 Å². The average molecular weight is 225 g/mol. The van der Waals surface area contributed by atoms with E-state index in [1.54, 1.807) is 26.1 Å². The number of aryl methyl sites for hydroxylation is 1. The van der Waals surface area contributed by atoms with E-state index in [-0.39, 0.29) is 5.75 Å². The summed E-state index contributed by atoms with van der Waals surface area (Å²) in [5, 5.41) is 31.8. The summed E-state index contributed by atoms with van der Waals surface area (Å²) in [5.74, 6) is 0.165. The Morgan fingerprint density at radius 3 is 2.56 bits per heavy atom. The van der Waals surface area contributed by atoms with Crippen molar-refractivity contribution in [1.82, 2.24) is 5.32 Å². The van der Waals surface area contributed by atoms with Crippen LogP contribution in [-0.2, 0) is 0 Å². The molecule has 0 aliphatic heterocycles. The number of hydrogen-bond donors (Lipinski definition) is 4. The number of aromatic hydroxyl groups is 1. The van der Waals surface area contributed by atoms with Gasteiger partial charge in [0.2, 0.25) is 0 Å². The van der Waals surface area contributed by atoms with Crippen LogP contribution in [0.15, 0.2) is 18.2 Å². The van der Waals surface area contributed by atoms with Crippen molar-refractivity contribution >= 4 is 0 Å². The molecule has 0 saturated heterocycles. The maximum absolute atomic E-state index is 9.93. The van der Waals surface area contributed by atoms with Gasteiger partial charge in [-0.05, 0) is 50.2 Å². The minimum atomic E-state index is -0.908. The lowest BCUT2D eigenvalue weighted by molar-refractivity contribution is 0.0136. The lowest BCUT2D eigenvalue weighted by Gasteiger charge is -2.19. The van der Waals surface area contributed by atoms with Gasteiger partial charge in [0.05, 0.1) is 6.10 Å². The molecule has 2 unspecified atom stereocenters. The molecule has 1 rings (SSSR count). The van der Waals surface area contributed by atoms with Crippen molar-refractivity contribution < 1.29 is 15.3 Å². The van der Waals surface area contributed by atoms with E-state index in [0.29, 0.717) is 18.5 Å². The third-order valence-electron chi connectivity index (χ3n) is 2.63. The minimum Gasteiger partial charge on any atom is -0.508 e. The Hall–Kier alpha value is -1.10. The number of aliphatic hydroxyl groups is 2. The molecule has 0 radical (unpaired) electrons. The van der Waals surface area contributed by atoms with Gasteiger partial charge in [-0.25, -0.2) is 0 Å². The largest absolute Gasteiger partial charge is 0.508 e. The lowest BCUT2D eigenvalue weighted by Crippen LogP contribution is -2.23. The molecule has 1 aromatic rings. The van der Waals surface area contributed by atoms with Gasteiger partial charge in [-0.1, -0.05) is 6.07 Å². The van der Waals surface area contributed by atoms with Crippen LogP contribution >= 0.6 is 0 Å². The zero-order valence-corrected chi connectivity index (χ0v) is 9.64. The van der Waals surface area contributed by atoms with Crippen LogP contribution in [0.4, 0.5) is 0 Å². The van der Waals surface area contributed by atoms with Crippen LogP contribution in [-0.4, -0.2) is 35.0 Å². The normalized spacial score (nSPS) is 14.8. The summed E-state index contributed by atoms with van der Waals surface area (Å²) in [6.45, 7) is 2.44. The summed E-state index contributed by atoms with van der Waals surface area (Å²) < 4.78 is 0. The van der Waals surface area contributed by atoms with Crippen LogP contribution in [0, 0.1) is 6.92 Å². The monoisotopic (exact) mass is 225 g/mol. The molecule has 4 N–H and O–H groups in total. The summed E-state index contributed by atoms with van der Waals surface area (Å²) in [6, 6.07) is 4.72. The van der Waals surface area contributed by atoms with Gasteiger partial charge in [-0.15, -0.1) is 0 Å². The van der Waals surface area contributed by atoms with E-state index in [1.807, 2.05) is 0 Å². The average Bonchev–Trinajstić information content (AvgIpc) is 2.25. The van der Waals surface area contributed by atoms with Gasteiger partial charge in [-0.3, -0.25) is 0 Å². The minimum absolute atomic E-state index is 0.165. The summed E-state index contributed by atoms with van der Waals surface area (Å²) >= 11 is 0. The Morgan fingerprint density at radius 2 is 2.00 bits per heavy atom. The third-order valence-corrected chi connectivity index (χ3v) is 2.63. The summed E-state index contributed by atoms with van der Waals surface area (Å²) in [7, 11) is 1.80. The van der Waals surface area contributed by atoms with Gasteiger partial charge in [0.25, 0.3) is 0 Å². The second kappa shape index (κ2) is 5.84. The van der Waals surface area contributed by atoms with E-state index in [0.717, 1.165) is 5.56 Å². The first kappa shape index (κ1) is 13.0. The maximum atomic E-state index is 9.93. The first-order valence-corrected chi connectivity index (χ1v) is 5.36. The zero-order valence-electron chi connectivity index (χ0n) is 9.64. The molecule has 1 aromatic carbocycles. The van der Waals surface area contributed by atoms with Crippen molar-refractivity contribution in [2.45, 2.75) is 25.6 Å². The third kappa shape index (κ3) is 3.20. The fraction of sp³-hybridized carbons (Fsp3) is 0.500. The van der Waals surface area contributed by atoms with E-state index in [1.165, 1.54) is 6.07 Å². The number of rotatable bonds is 5. The highest BCUT2D eigenvalue weighted by Gasteiger charge is 2.19. The molecule has 4 nitrogen and oxygen atoms in total. The number of benzene rings is 1. The van der Waals surface area contributed by atoms with Crippen molar-refractivity contribution in [2.24, 2.45) is 0 Å². The molecule has 0 saturated carbocycles. The predicted octanol–water partition coefficient (Wildman–Crippen LogP) is 0.704. The van der Waals surface area contributed by atoms with Crippen molar-refractivity contribution in [2.75, 3.05) is 13.6 Å². The van der Waals surface area contributed by atoms with Gasteiger partial charge in [0, 0.05) is 0 Å².